The third-order valence-corrected chi connectivity index (χ3v) is 7.11. The lowest BCUT2D eigenvalue weighted by Crippen LogP contribution is -2.36. The second-order valence-electron chi connectivity index (χ2n) is 6.35. The van der Waals surface area contributed by atoms with Gasteiger partial charge >= 0.3 is 0 Å². The van der Waals surface area contributed by atoms with Crippen molar-refractivity contribution in [2.75, 3.05) is 0 Å². The van der Waals surface area contributed by atoms with E-state index in [1.165, 1.54) is 22.6 Å². The fraction of sp³-hybridized carbons (Fsp3) is 0.263. The molecule has 0 aliphatic rings. The van der Waals surface area contributed by atoms with Crippen molar-refractivity contribution in [1.29, 1.82) is 0 Å². The lowest BCUT2D eigenvalue weighted by Gasteiger charge is -2.29. The molecular weight excluding hydrogens is 314 g/mol. The average Bonchev–Trinajstić information content (AvgIpc) is 3.10. The van der Waals surface area contributed by atoms with Crippen LogP contribution in [-0.2, 0) is 12.1 Å². The zero-order valence-electron chi connectivity index (χ0n) is 14.2. The van der Waals surface area contributed by atoms with Crippen LogP contribution in [0.5, 0.6) is 0 Å². The summed E-state index contributed by atoms with van der Waals surface area (Å²) in [5, 5.41) is 17.0. The molecule has 24 heavy (non-hydrogen) atoms. The lowest BCUT2D eigenvalue weighted by molar-refractivity contribution is 0.0348. The highest BCUT2D eigenvalue weighted by Gasteiger charge is 2.30. The molecule has 0 bridgehead atoms. The van der Waals surface area contributed by atoms with Crippen LogP contribution in [0.3, 0.4) is 0 Å². The first-order valence-corrected chi connectivity index (χ1v) is 9.95. The second kappa shape index (κ2) is 7.11. The highest BCUT2D eigenvalue weighted by molar-refractivity contribution is 6.54. The molecule has 1 N–H and O–H groups in total. The minimum atomic E-state index is -0.919. The van der Waals surface area contributed by atoms with Gasteiger partial charge in [0.25, 0.3) is 0 Å². The largest absolute Gasteiger partial charge is 0.384 e. The van der Waals surface area contributed by atoms with Crippen molar-refractivity contribution < 1.29 is 5.11 Å². The van der Waals surface area contributed by atoms with E-state index < -0.39 is 15.1 Å². The Morgan fingerprint density at radius 3 is 2.58 bits per heavy atom. The molecule has 1 unspecified atom stereocenters. The van der Waals surface area contributed by atoms with Crippen LogP contribution in [-0.4, -0.2) is 29.4 Å². The molecule has 0 fully saturated rings. The summed E-state index contributed by atoms with van der Waals surface area (Å²) in [5.41, 5.74) is 2.70. The Labute approximate surface area is 145 Å². The summed E-state index contributed by atoms with van der Waals surface area (Å²) < 4.78 is 1.71. The Bertz CT molecular complexity index is 790. The molecule has 0 aliphatic heterocycles. The summed E-state index contributed by atoms with van der Waals surface area (Å²) in [4.78, 5) is 4.00. The number of nitrogens with zero attached hydrogens (tertiary/aromatic N) is 3. The van der Waals surface area contributed by atoms with Crippen LogP contribution < -0.4 is 5.19 Å². The first-order chi connectivity index (χ1) is 11.6. The van der Waals surface area contributed by atoms with Crippen LogP contribution >= 0.6 is 0 Å². The summed E-state index contributed by atoms with van der Waals surface area (Å²) >= 11 is 0. The predicted molar refractivity (Wildman–Crippen MR) is 99.3 cm³/mol. The van der Waals surface area contributed by atoms with E-state index in [1.807, 2.05) is 30.3 Å². The topological polar surface area (TPSA) is 50.9 Å². The Morgan fingerprint density at radius 2 is 1.88 bits per heavy atom. The van der Waals surface area contributed by atoms with E-state index in [4.69, 9.17) is 0 Å². The monoisotopic (exact) mass is 337 g/mol. The van der Waals surface area contributed by atoms with Crippen molar-refractivity contribution >= 4 is 14.7 Å². The molecule has 1 heterocycles. The molecule has 0 amide bonds. The first kappa shape index (κ1) is 16.6. The summed E-state index contributed by atoms with van der Waals surface area (Å²) in [6.07, 6.45) is 3.17. The van der Waals surface area contributed by atoms with Crippen molar-refractivity contribution in [2.24, 2.45) is 0 Å². The molecular formula is C19H23N3OSi. The van der Waals surface area contributed by atoms with Crippen LogP contribution in [0, 0.1) is 13.8 Å². The van der Waals surface area contributed by atoms with Crippen LogP contribution in [0.25, 0.3) is 0 Å². The van der Waals surface area contributed by atoms with E-state index in [2.05, 4.69) is 42.1 Å². The van der Waals surface area contributed by atoms with Gasteiger partial charge in [-0.1, -0.05) is 53.7 Å². The Hall–Kier alpha value is -2.24. The highest BCUT2D eigenvalue weighted by Crippen LogP contribution is 2.27. The first-order valence-electron chi connectivity index (χ1n) is 8.24. The fourth-order valence-electron chi connectivity index (χ4n) is 3.07. The van der Waals surface area contributed by atoms with Gasteiger partial charge in [-0.05, 0) is 36.6 Å². The van der Waals surface area contributed by atoms with Gasteiger partial charge in [0, 0.05) is 0 Å². The molecule has 0 saturated heterocycles. The van der Waals surface area contributed by atoms with E-state index in [0.717, 1.165) is 11.6 Å². The normalized spacial score (nSPS) is 14.1. The smallest absolute Gasteiger partial charge is 0.137 e. The molecule has 1 aromatic heterocycles. The standard InChI is InChI=1S/C19H23N3OSi/c1-15-7-6-10-18(16(15)2)24-12-19(23,11-22-14-20-13-21-22)17-8-4-3-5-9-17/h3-10,13-14,23H,11-12,24H2,1-2H3. The maximum atomic E-state index is 11.4. The van der Waals surface area contributed by atoms with Gasteiger partial charge in [0.05, 0.1) is 16.1 Å². The number of aliphatic hydroxyl groups is 1. The minimum Gasteiger partial charge on any atom is -0.384 e. The van der Waals surface area contributed by atoms with Gasteiger partial charge in [-0.3, -0.25) is 0 Å². The third-order valence-electron chi connectivity index (χ3n) is 4.73. The molecule has 3 rings (SSSR count). The van der Waals surface area contributed by atoms with E-state index >= 15 is 0 Å². The number of rotatable bonds is 6. The van der Waals surface area contributed by atoms with Crippen LogP contribution in [0.1, 0.15) is 16.7 Å². The van der Waals surface area contributed by atoms with Gasteiger partial charge in [-0.15, -0.1) is 0 Å². The molecule has 3 aromatic rings. The molecule has 4 nitrogen and oxygen atoms in total. The Kier molecular flexibility index (Phi) is 4.92. The van der Waals surface area contributed by atoms with Gasteiger partial charge in [-0.2, -0.15) is 5.10 Å². The van der Waals surface area contributed by atoms with Gasteiger partial charge in [0.2, 0.25) is 0 Å². The van der Waals surface area contributed by atoms with Crippen molar-refractivity contribution in [2.45, 2.75) is 32.0 Å². The molecule has 1 atom stereocenters. The maximum absolute atomic E-state index is 11.4. The van der Waals surface area contributed by atoms with Crippen LogP contribution in [0.15, 0.2) is 61.2 Å². The van der Waals surface area contributed by atoms with Crippen molar-refractivity contribution in [1.82, 2.24) is 14.8 Å². The third kappa shape index (κ3) is 3.63. The lowest BCUT2D eigenvalue weighted by atomic mass is 9.96. The molecule has 2 aromatic carbocycles. The number of aromatic nitrogens is 3. The molecule has 5 heteroatoms. The number of hydrogen-bond donors (Lipinski definition) is 1. The molecule has 0 aliphatic carbocycles. The van der Waals surface area contributed by atoms with Gasteiger partial charge < -0.3 is 5.11 Å². The van der Waals surface area contributed by atoms with Gasteiger partial charge in [0.1, 0.15) is 18.3 Å². The van der Waals surface area contributed by atoms with Crippen molar-refractivity contribution in [3.63, 3.8) is 0 Å². The number of benzene rings is 2. The number of hydrogen-bond acceptors (Lipinski definition) is 3. The number of aryl methyl sites for hydroxylation is 1. The van der Waals surface area contributed by atoms with Crippen molar-refractivity contribution in [3.8, 4) is 0 Å². The quantitative estimate of drug-likeness (QED) is 0.697. The summed E-state index contributed by atoms with van der Waals surface area (Å²) in [7, 11) is -0.621. The Balaban J connectivity index is 1.86. The van der Waals surface area contributed by atoms with E-state index in [1.54, 1.807) is 11.0 Å². The zero-order chi connectivity index (χ0) is 17.0. The minimum absolute atomic E-state index is 0.425. The molecule has 0 spiro atoms. The van der Waals surface area contributed by atoms with E-state index in [-0.39, 0.29) is 0 Å². The average molecular weight is 337 g/mol. The summed E-state index contributed by atoms with van der Waals surface area (Å²) in [6.45, 7) is 4.75. The van der Waals surface area contributed by atoms with E-state index in [9.17, 15) is 5.11 Å². The summed E-state index contributed by atoms with van der Waals surface area (Å²) in [6, 6.07) is 17.1. The van der Waals surface area contributed by atoms with E-state index in [0.29, 0.717) is 6.54 Å². The Morgan fingerprint density at radius 1 is 1.08 bits per heavy atom. The SMILES string of the molecule is Cc1cccc([SiH2]CC(O)(Cn2cncn2)c2ccccc2)c1C. The highest BCUT2D eigenvalue weighted by atomic mass is 28.2. The molecule has 0 saturated carbocycles. The van der Waals surface area contributed by atoms with Gasteiger partial charge in [-0.25, -0.2) is 9.67 Å². The predicted octanol–water partition coefficient (Wildman–Crippen LogP) is 1.70. The molecule has 124 valence electrons. The van der Waals surface area contributed by atoms with Gasteiger partial charge in [0.15, 0.2) is 0 Å². The van der Waals surface area contributed by atoms with Crippen LogP contribution in [0.2, 0.25) is 6.04 Å². The molecule has 0 radical (unpaired) electrons. The maximum Gasteiger partial charge on any atom is 0.137 e. The second-order valence-corrected chi connectivity index (χ2v) is 8.11. The van der Waals surface area contributed by atoms with Crippen LogP contribution in [0.4, 0.5) is 0 Å². The van der Waals surface area contributed by atoms with Crippen molar-refractivity contribution in [3.05, 3.63) is 77.9 Å². The zero-order valence-corrected chi connectivity index (χ0v) is 15.6. The summed E-state index contributed by atoms with van der Waals surface area (Å²) in [5.74, 6) is 0. The fourth-order valence-corrected chi connectivity index (χ4v) is 5.16.